The van der Waals surface area contributed by atoms with E-state index in [9.17, 15) is 4.79 Å². The first-order chi connectivity index (χ1) is 3.41. The monoisotopic (exact) mass is 104 g/mol. The molecule has 0 spiro atoms. The maximum atomic E-state index is 9.28. The predicted octanol–water partition coefficient (Wildman–Crippen LogP) is 0.858. The van der Waals surface area contributed by atoms with Crippen molar-refractivity contribution in [3.05, 3.63) is 0 Å². The van der Waals surface area contributed by atoms with Crippen LogP contribution in [0.3, 0.4) is 0 Å². The molecule has 0 bridgehead atoms. The summed E-state index contributed by atoms with van der Waals surface area (Å²) in [6.45, 7) is 4.21. The van der Waals surface area contributed by atoms with E-state index >= 15 is 0 Å². The zero-order valence-corrected chi connectivity index (χ0v) is 5.10. The van der Waals surface area contributed by atoms with Crippen molar-refractivity contribution in [3.63, 3.8) is 0 Å². The van der Waals surface area contributed by atoms with E-state index in [4.69, 9.17) is 0 Å². The molecule has 0 heterocycles. The van der Waals surface area contributed by atoms with Crippen LogP contribution in [-0.2, 0) is 9.53 Å². The van der Waals surface area contributed by atoms with Gasteiger partial charge in [-0.1, -0.05) is 13.8 Å². The minimum absolute atomic E-state index is 0.208. The average molecular weight is 104 g/mol. The highest BCUT2D eigenvalue weighted by Gasteiger charge is 1.64. The summed E-state index contributed by atoms with van der Waals surface area (Å²) in [6, 6.07) is 0. The molecule has 0 aliphatic rings. The largest absolute Gasteiger partial charge is 0.377 e. The molecule has 0 amide bonds. The van der Waals surface area contributed by atoms with E-state index in [1.165, 1.54) is 7.11 Å². The molecule has 44 valence electrons. The van der Waals surface area contributed by atoms with Crippen LogP contribution in [-0.4, -0.2) is 20.0 Å². The molecule has 0 saturated heterocycles. The summed E-state index contributed by atoms with van der Waals surface area (Å²) < 4.78 is 4.32. The van der Waals surface area contributed by atoms with Gasteiger partial charge in [0.05, 0.1) is 0 Å². The van der Waals surface area contributed by atoms with Gasteiger partial charge in [-0.25, -0.2) is 0 Å². The van der Waals surface area contributed by atoms with E-state index in [0.717, 1.165) is 0 Å². The number of aldehydes is 1. The maximum Gasteiger partial charge on any atom is 0.145 e. The van der Waals surface area contributed by atoms with E-state index in [1.807, 2.05) is 13.8 Å². The lowest BCUT2D eigenvalue weighted by atomic mass is 10.8. The van der Waals surface area contributed by atoms with E-state index in [0.29, 0.717) is 6.29 Å². The molecule has 0 aliphatic heterocycles. The van der Waals surface area contributed by atoms with E-state index in [2.05, 4.69) is 4.74 Å². The van der Waals surface area contributed by atoms with Gasteiger partial charge in [0, 0.05) is 7.11 Å². The molecule has 7 heavy (non-hydrogen) atoms. The van der Waals surface area contributed by atoms with Gasteiger partial charge in [0.2, 0.25) is 0 Å². The first kappa shape index (κ1) is 9.80. The average Bonchev–Trinajstić information content (AvgIpc) is 1.75. The van der Waals surface area contributed by atoms with Crippen LogP contribution in [0.25, 0.3) is 0 Å². The molecular weight excluding hydrogens is 92.1 g/mol. The summed E-state index contributed by atoms with van der Waals surface area (Å²) in [5.41, 5.74) is 0. The number of methoxy groups -OCH3 is 1. The predicted molar refractivity (Wildman–Crippen MR) is 29.3 cm³/mol. The highest BCUT2D eigenvalue weighted by atomic mass is 16.5. The summed E-state index contributed by atoms with van der Waals surface area (Å²) in [6.07, 6.45) is 0.708. The minimum Gasteiger partial charge on any atom is -0.377 e. The van der Waals surface area contributed by atoms with E-state index < -0.39 is 0 Å². The second kappa shape index (κ2) is 17.4. The van der Waals surface area contributed by atoms with Crippen molar-refractivity contribution >= 4 is 6.29 Å². The van der Waals surface area contributed by atoms with E-state index in [-0.39, 0.29) is 6.61 Å². The van der Waals surface area contributed by atoms with Gasteiger partial charge in [-0.15, -0.1) is 0 Å². The van der Waals surface area contributed by atoms with Crippen molar-refractivity contribution in [1.82, 2.24) is 0 Å². The molecule has 2 heteroatoms. The molecule has 0 saturated carbocycles. The summed E-state index contributed by atoms with van der Waals surface area (Å²) >= 11 is 0. The summed E-state index contributed by atoms with van der Waals surface area (Å²) in [5.74, 6) is 0. The first-order valence-electron chi connectivity index (χ1n) is 2.34. The molecule has 0 aromatic heterocycles. The Hall–Kier alpha value is -0.370. The molecule has 0 aromatic carbocycles. The topological polar surface area (TPSA) is 26.3 Å². The van der Waals surface area contributed by atoms with Crippen molar-refractivity contribution in [2.75, 3.05) is 13.7 Å². The lowest BCUT2D eigenvalue weighted by Crippen LogP contribution is -1.84. The standard InChI is InChI=1S/C3H6O2.C2H6/c1-5-3-2-4;1-2/h2H,3H2,1H3;1-2H3. The Morgan fingerprint density at radius 2 is 2.00 bits per heavy atom. The Labute approximate surface area is 44.5 Å². The quantitative estimate of drug-likeness (QED) is 0.485. The summed E-state index contributed by atoms with van der Waals surface area (Å²) in [5, 5.41) is 0. The molecule has 0 aliphatic carbocycles. The summed E-state index contributed by atoms with van der Waals surface area (Å²) in [7, 11) is 1.48. The van der Waals surface area contributed by atoms with Gasteiger partial charge >= 0.3 is 0 Å². The van der Waals surface area contributed by atoms with Crippen molar-refractivity contribution < 1.29 is 9.53 Å². The Kier molecular flexibility index (Phi) is 24.4. The van der Waals surface area contributed by atoms with Gasteiger partial charge in [0.25, 0.3) is 0 Å². The Balaban J connectivity index is 0. The van der Waals surface area contributed by atoms with Crippen LogP contribution in [0.5, 0.6) is 0 Å². The van der Waals surface area contributed by atoms with Crippen molar-refractivity contribution in [1.29, 1.82) is 0 Å². The van der Waals surface area contributed by atoms with Crippen LogP contribution in [0, 0.1) is 0 Å². The molecule has 2 nitrogen and oxygen atoms in total. The highest BCUT2D eigenvalue weighted by Crippen LogP contribution is 1.50. The number of hydrogen-bond acceptors (Lipinski definition) is 2. The Morgan fingerprint density at radius 1 is 1.57 bits per heavy atom. The zero-order chi connectivity index (χ0) is 6.12. The number of hydrogen-bond donors (Lipinski definition) is 0. The lowest BCUT2D eigenvalue weighted by molar-refractivity contribution is -0.110. The van der Waals surface area contributed by atoms with Crippen LogP contribution < -0.4 is 0 Å². The maximum absolute atomic E-state index is 9.28. The van der Waals surface area contributed by atoms with E-state index in [1.54, 1.807) is 0 Å². The van der Waals surface area contributed by atoms with Gasteiger partial charge in [0.1, 0.15) is 12.9 Å². The molecule has 0 atom stereocenters. The Morgan fingerprint density at radius 3 is 2.00 bits per heavy atom. The summed E-state index contributed by atoms with van der Waals surface area (Å²) in [4.78, 5) is 9.28. The second-order valence-corrected chi connectivity index (χ2v) is 0.622. The number of carbonyl (C=O) groups is 1. The molecule has 0 N–H and O–H groups in total. The molecular formula is C5H12O2. The molecule has 0 rings (SSSR count). The van der Waals surface area contributed by atoms with Crippen molar-refractivity contribution in [2.45, 2.75) is 13.8 Å². The van der Waals surface area contributed by atoms with Crippen molar-refractivity contribution in [2.24, 2.45) is 0 Å². The third-order valence-corrected chi connectivity index (χ3v) is 0.235. The first-order valence-corrected chi connectivity index (χ1v) is 2.34. The fourth-order valence-corrected chi connectivity index (χ4v) is 0.0680. The third kappa shape index (κ3) is 27.9. The fraction of sp³-hybridized carbons (Fsp3) is 0.800. The van der Waals surface area contributed by atoms with Crippen LogP contribution >= 0.6 is 0 Å². The van der Waals surface area contributed by atoms with Crippen LogP contribution in [0.2, 0.25) is 0 Å². The SMILES string of the molecule is CC.COCC=O. The zero-order valence-electron chi connectivity index (χ0n) is 5.10. The van der Waals surface area contributed by atoms with Gasteiger partial charge in [-0.2, -0.15) is 0 Å². The van der Waals surface area contributed by atoms with Crippen LogP contribution in [0.1, 0.15) is 13.8 Å². The number of ether oxygens (including phenoxy) is 1. The second-order valence-electron chi connectivity index (χ2n) is 0.622. The van der Waals surface area contributed by atoms with Gasteiger partial charge in [0.15, 0.2) is 0 Å². The fourth-order valence-electron chi connectivity index (χ4n) is 0.0680. The smallest absolute Gasteiger partial charge is 0.145 e. The number of carbonyl (C=O) groups excluding carboxylic acids is 1. The molecule has 0 aromatic rings. The third-order valence-electron chi connectivity index (χ3n) is 0.235. The number of rotatable bonds is 2. The molecule has 0 unspecified atom stereocenters. The van der Waals surface area contributed by atoms with Crippen LogP contribution in [0.4, 0.5) is 0 Å². The minimum atomic E-state index is 0.208. The van der Waals surface area contributed by atoms with Crippen LogP contribution in [0.15, 0.2) is 0 Å². The van der Waals surface area contributed by atoms with Gasteiger partial charge in [-0.05, 0) is 0 Å². The normalized spacial score (nSPS) is 6.14. The lowest BCUT2D eigenvalue weighted by Gasteiger charge is -1.76. The highest BCUT2D eigenvalue weighted by molar-refractivity contribution is 5.50. The van der Waals surface area contributed by atoms with Crippen molar-refractivity contribution in [3.8, 4) is 0 Å². The Bertz CT molecular complexity index is 27.3. The van der Waals surface area contributed by atoms with Gasteiger partial charge < -0.3 is 9.53 Å². The molecule has 0 radical (unpaired) electrons. The van der Waals surface area contributed by atoms with Gasteiger partial charge in [-0.3, -0.25) is 0 Å². The molecule has 0 fully saturated rings.